The van der Waals surface area contributed by atoms with Gasteiger partial charge in [-0.2, -0.15) is 5.10 Å². The number of nitrogens with one attached hydrogen (secondary N) is 2. The Balaban J connectivity index is 1.82. The van der Waals surface area contributed by atoms with Gasteiger partial charge in [-0.25, -0.2) is 0 Å². The van der Waals surface area contributed by atoms with Crippen LogP contribution < -0.4 is 5.32 Å². The third-order valence-electron chi connectivity index (χ3n) is 3.44. The topological polar surface area (TPSA) is 62.7 Å². The third-order valence-corrected chi connectivity index (χ3v) is 3.44. The van der Waals surface area contributed by atoms with Crippen molar-refractivity contribution in [1.82, 2.24) is 14.8 Å². The van der Waals surface area contributed by atoms with Gasteiger partial charge in [0.1, 0.15) is 5.69 Å². The molecular weight excluding hydrogens is 228 g/mol. The highest BCUT2D eigenvalue weighted by atomic mass is 16.2. The number of H-pyrrole nitrogens is 1. The fourth-order valence-corrected chi connectivity index (χ4v) is 2.04. The number of carbonyl (C=O) groups is 1. The molecule has 1 saturated carbocycles. The molecule has 0 radical (unpaired) electrons. The van der Waals surface area contributed by atoms with Gasteiger partial charge in [0, 0.05) is 23.5 Å². The molecule has 0 unspecified atom stereocenters. The summed E-state index contributed by atoms with van der Waals surface area (Å²) in [4.78, 5) is 12.2. The smallest absolute Gasteiger partial charge is 0.273 e. The predicted molar refractivity (Wildman–Crippen MR) is 68.7 cm³/mol. The molecule has 1 aliphatic rings. The number of aryl methyl sites for hydroxylation is 1. The lowest BCUT2D eigenvalue weighted by Gasteiger charge is -2.07. The molecule has 0 spiro atoms. The lowest BCUT2D eigenvalue weighted by atomic mass is 10.2. The van der Waals surface area contributed by atoms with E-state index in [1.807, 2.05) is 36.7 Å². The maximum Gasteiger partial charge on any atom is 0.273 e. The monoisotopic (exact) mass is 244 g/mol. The second-order valence-corrected chi connectivity index (χ2v) is 4.81. The Hall–Kier alpha value is -2.04. The number of nitrogens with zero attached hydrogens (tertiary/aromatic N) is 2. The third kappa shape index (κ3) is 1.81. The van der Waals surface area contributed by atoms with Gasteiger partial charge in [0.2, 0.25) is 0 Å². The van der Waals surface area contributed by atoms with Crippen molar-refractivity contribution in [2.24, 2.45) is 0 Å². The second kappa shape index (κ2) is 4.01. The molecule has 0 aliphatic heterocycles. The maximum absolute atomic E-state index is 12.2. The molecule has 1 aliphatic carbocycles. The van der Waals surface area contributed by atoms with Gasteiger partial charge in [-0.05, 0) is 38.8 Å². The summed E-state index contributed by atoms with van der Waals surface area (Å²) in [5.74, 6) is 0.516. The molecule has 18 heavy (non-hydrogen) atoms. The van der Waals surface area contributed by atoms with Crippen LogP contribution >= 0.6 is 0 Å². The summed E-state index contributed by atoms with van der Waals surface area (Å²) in [5, 5.41) is 9.81. The van der Waals surface area contributed by atoms with Crippen molar-refractivity contribution < 1.29 is 4.79 Å². The molecule has 2 N–H and O–H groups in total. The minimum absolute atomic E-state index is 0.0958. The van der Waals surface area contributed by atoms with Crippen LogP contribution in [0.25, 0.3) is 0 Å². The first-order chi connectivity index (χ1) is 8.66. The van der Waals surface area contributed by atoms with Gasteiger partial charge in [0.15, 0.2) is 5.82 Å². The molecular formula is C13H16N4O. The minimum atomic E-state index is -0.0958. The summed E-state index contributed by atoms with van der Waals surface area (Å²) in [6.45, 7) is 3.87. The molecule has 2 aromatic heterocycles. The fraction of sp³-hybridized carbons (Fsp3) is 0.385. The minimum Gasteiger partial charge on any atom is -0.340 e. The first-order valence-electron chi connectivity index (χ1n) is 6.16. The largest absolute Gasteiger partial charge is 0.340 e. The number of rotatable bonds is 3. The molecule has 5 nitrogen and oxygen atoms in total. The highest BCUT2D eigenvalue weighted by molar-refractivity contribution is 6.03. The number of hydrogen-bond acceptors (Lipinski definition) is 2. The average Bonchev–Trinajstić information content (AvgIpc) is 3.01. The van der Waals surface area contributed by atoms with Gasteiger partial charge < -0.3 is 9.88 Å². The maximum atomic E-state index is 12.2. The number of hydrogen-bond donors (Lipinski definition) is 2. The first-order valence-corrected chi connectivity index (χ1v) is 6.16. The highest BCUT2D eigenvalue weighted by Gasteiger charge is 2.27. The van der Waals surface area contributed by atoms with Crippen LogP contribution in [0.4, 0.5) is 5.82 Å². The quantitative estimate of drug-likeness (QED) is 0.871. The van der Waals surface area contributed by atoms with Gasteiger partial charge in [-0.3, -0.25) is 9.89 Å². The standard InChI is InChI=1S/C13H16N4O/c1-8-9(2)15-16-12(8)14-13(18)11-4-3-7-17(11)10-5-6-10/h3-4,7,10H,5-6H2,1-2H3,(H2,14,15,16,18). The molecule has 1 fully saturated rings. The Morgan fingerprint density at radius 2 is 2.28 bits per heavy atom. The van der Waals surface area contributed by atoms with Gasteiger partial charge in [0.25, 0.3) is 5.91 Å². The zero-order valence-electron chi connectivity index (χ0n) is 10.5. The molecule has 0 atom stereocenters. The second-order valence-electron chi connectivity index (χ2n) is 4.81. The molecule has 3 rings (SSSR count). The summed E-state index contributed by atoms with van der Waals surface area (Å²) in [5.41, 5.74) is 2.66. The van der Waals surface area contributed by atoms with Crippen LogP contribution in [0.15, 0.2) is 18.3 Å². The van der Waals surface area contributed by atoms with Crippen LogP contribution in [-0.4, -0.2) is 20.7 Å². The van der Waals surface area contributed by atoms with Crippen LogP contribution in [0.2, 0.25) is 0 Å². The van der Waals surface area contributed by atoms with E-state index in [4.69, 9.17) is 0 Å². The molecule has 5 heteroatoms. The Kier molecular flexibility index (Phi) is 2.47. The first kappa shape index (κ1) is 11.1. The normalized spacial score (nSPS) is 14.8. The summed E-state index contributed by atoms with van der Waals surface area (Å²) in [6.07, 6.45) is 4.29. The number of amides is 1. The van der Waals surface area contributed by atoms with Gasteiger partial charge in [0.05, 0.1) is 0 Å². The number of aromatic amines is 1. The Bertz CT molecular complexity index is 592. The predicted octanol–water partition coefficient (Wildman–Crippen LogP) is 2.42. The Labute approximate surface area is 105 Å². The van der Waals surface area contributed by atoms with Crippen molar-refractivity contribution in [1.29, 1.82) is 0 Å². The molecule has 0 saturated heterocycles. The summed E-state index contributed by atoms with van der Waals surface area (Å²) in [7, 11) is 0. The van der Waals surface area contributed by atoms with Crippen molar-refractivity contribution in [3.63, 3.8) is 0 Å². The van der Waals surface area contributed by atoms with E-state index in [9.17, 15) is 4.79 Å². The van der Waals surface area contributed by atoms with E-state index in [2.05, 4.69) is 15.5 Å². The number of anilines is 1. The van der Waals surface area contributed by atoms with Crippen LogP contribution in [0.5, 0.6) is 0 Å². The van der Waals surface area contributed by atoms with Crippen LogP contribution in [0, 0.1) is 13.8 Å². The van der Waals surface area contributed by atoms with Crippen LogP contribution in [0.1, 0.15) is 40.6 Å². The molecule has 1 amide bonds. The van der Waals surface area contributed by atoms with Crippen molar-refractivity contribution in [2.75, 3.05) is 5.32 Å². The van der Waals surface area contributed by atoms with E-state index in [-0.39, 0.29) is 5.91 Å². The molecule has 94 valence electrons. The zero-order chi connectivity index (χ0) is 12.7. The lowest BCUT2D eigenvalue weighted by molar-refractivity contribution is 0.101. The number of aromatic nitrogens is 3. The van der Waals surface area contributed by atoms with Crippen molar-refractivity contribution >= 4 is 11.7 Å². The summed E-state index contributed by atoms with van der Waals surface area (Å²) in [6, 6.07) is 4.26. The summed E-state index contributed by atoms with van der Waals surface area (Å²) < 4.78 is 2.05. The Morgan fingerprint density at radius 3 is 2.89 bits per heavy atom. The van der Waals surface area contributed by atoms with E-state index in [0.29, 0.717) is 17.6 Å². The van der Waals surface area contributed by atoms with Gasteiger partial charge >= 0.3 is 0 Å². The van der Waals surface area contributed by atoms with Crippen molar-refractivity contribution in [2.45, 2.75) is 32.7 Å². The highest BCUT2D eigenvalue weighted by Crippen LogP contribution is 2.36. The van der Waals surface area contributed by atoms with Crippen molar-refractivity contribution in [3.8, 4) is 0 Å². The van der Waals surface area contributed by atoms with Crippen molar-refractivity contribution in [3.05, 3.63) is 35.3 Å². The van der Waals surface area contributed by atoms with E-state index < -0.39 is 0 Å². The summed E-state index contributed by atoms with van der Waals surface area (Å²) >= 11 is 0. The van der Waals surface area contributed by atoms with E-state index in [1.54, 1.807) is 0 Å². The molecule has 2 aromatic rings. The molecule has 0 aromatic carbocycles. The SMILES string of the molecule is Cc1[nH]nc(NC(=O)c2cccn2C2CC2)c1C. The Morgan fingerprint density at radius 1 is 1.50 bits per heavy atom. The van der Waals surface area contributed by atoms with E-state index in [1.165, 1.54) is 0 Å². The number of carbonyl (C=O) groups excluding carboxylic acids is 1. The van der Waals surface area contributed by atoms with E-state index >= 15 is 0 Å². The zero-order valence-corrected chi connectivity index (χ0v) is 10.5. The lowest BCUT2D eigenvalue weighted by Crippen LogP contribution is -2.17. The van der Waals surface area contributed by atoms with Gasteiger partial charge in [-0.15, -0.1) is 0 Å². The van der Waals surface area contributed by atoms with Crippen LogP contribution in [0.3, 0.4) is 0 Å². The molecule has 0 bridgehead atoms. The van der Waals surface area contributed by atoms with E-state index in [0.717, 1.165) is 24.1 Å². The van der Waals surface area contributed by atoms with Gasteiger partial charge in [-0.1, -0.05) is 0 Å². The van der Waals surface area contributed by atoms with Crippen LogP contribution in [-0.2, 0) is 0 Å². The fourth-order valence-electron chi connectivity index (χ4n) is 2.04. The molecule has 2 heterocycles. The average molecular weight is 244 g/mol.